The van der Waals surface area contributed by atoms with Crippen LogP contribution in [0.1, 0.15) is 6.42 Å². The van der Waals surface area contributed by atoms with Gasteiger partial charge in [0.05, 0.1) is 19.3 Å². The Balaban J connectivity index is 2.01. The van der Waals surface area contributed by atoms with Gasteiger partial charge in [-0.3, -0.25) is 4.79 Å². The number of thioether (sulfide) groups is 1. The highest BCUT2D eigenvalue weighted by atomic mass is 32.2. The first-order valence-electron chi connectivity index (χ1n) is 6.19. The van der Waals surface area contributed by atoms with Gasteiger partial charge in [0.2, 0.25) is 5.91 Å². The Morgan fingerprint density at radius 2 is 2.16 bits per heavy atom. The number of fused-ring (bicyclic) bond motifs is 1. The summed E-state index contributed by atoms with van der Waals surface area (Å²) in [5.41, 5.74) is 5.28. The molecule has 104 valence electrons. The maximum atomic E-state index is 11.1. The second-order valence-corrected chi connectivity index (χ2v) is 5.31. The summed E-state index contributed by atoms with van der Waals surface area (Å²) in [5.74, 6) is 1.79. The van der Waals surface area contributed by atoms with Crippen LogP contribution in [0.15, 0.2) is 23.1 Å². The fourth-order valence-corrected chi connectivity index (χ4v) is 2.77. The summed E-state index contributed by atoms with van der Waals surface area (Å²) in [6.45, 7) is 1.35. The Bertz CT molecular complexity index is 454. The largest absolute Gasteiger partial charge is 0.490 e. The predicted octanol–water partition coefficient (Wildman–Crippen LogP) is 1.01. The molecule has 1 unspecified atom stereocenters. The number of carbonyl (C=O) groups excluding carboxylic acids is 1. The van der Waals surface area contributed by atoms with Gasteiger partial charge in [-0.2, -0.15) is 0 Å². The van der Waals surface area contributed by atoms with Crippen molar-refractivity contribution in [1.82, 2.24) is 5.32 Å². The summed E-state index contributed by atoms with van der Waals surface area (Å²) in [4.78, 5) is 12.2. The van der Waals surface area contributed by atoms with Crippen LogP contribution in [-0.2, 0) is 4.79 Å². The van der Waals surface area contributed by atoms with Crippen LogP contribution in [0, 0.1) is 0 Å². The van der Waals surface area contributed by atoms with E-state index in [-0.39, 0.29) is 11.9 Å². The van der Waals surface area contributed by atoms with Gasteiger partial charge in [0.25, 0.3) is 0 Å². The quantitative estimate of drug-likeness (QED) is 0.789. The van der Waals surface area contributed by atoms with E-state index in [0.29, 0.717) is 19.0 Å². The molecular formula is C13H18N2O3S. The van der Waals surface area contributed by atoms with Gasteiger partial charge < -0.3 is 20.5 Å². The number of hydrogen-bond donors (Lipinski definition) is 2. The molecule has 5 nitrogen and oxygen atoms in total. The van der Waals surface area contributed by atoms with Gasteiger partial charge in [-0.25, -0.2) is 0 Å². The molecule has 0 saturated heterocycles. The highest BCUT2D eigenvalue weighted by Crippen LogP contribution is 2.33. The maximum Gasteiger partial charge on any atom is 0.235 e. The average Bonchev–Trinajstić information content (AvgIpc) is 2.63. The van der Waals surface area contributed by atoms with E-state index in [1.54, 1.807) is 18.8 Å². The molecule has 0 fully saturated rings. The lowest BCUT2D eigenvalue weighted by Gasteiger charge is -2.13. The second kappa shape index (κ2) is 6.68. The Morgan fingerprint density at radius 3 is 2.84 bits per heavy atom. The van der Waals surface area contributed by atoms with E-state index in [1.165, 1.54) is 0 Å². The number of likely N-dealkylation sites (N-methyl/N-ethyl adjacent to an activating group) is 1. The van der Waals surface area contributed by atoms with Crippen LogP contribution in [0.2, 0.25) is 0 Å². The zero-order valence-electron chi connectivity index (χ0n) is 10.8. The van der Waals surface area contributed by atoms with Crippen molar-refractivity contribution >= 4 is 17.7 Å². The van der Waals surface area contributed by atoms with Crippen molar-refractivity contribution in [2.24, 2.45) is 5.73 Å². The van der Waals surface area contributed by atoms with Crippen molar-refractivity contribution in [1.29, 1.82) is 0 Å². The fourth-order valence-electron chi connectivity index (χ4n) is 1.72. The van der Waals surface area contributed by atoms with Gasteiger partial charge in [-0.05, 0) is 25.2 Å². The second-order valence-electron chi connectivity index (χ2n) is 4.21. The third kappa shape index (κ3) is 3.78. The molecule has 0 aromatic heterocycles. The molecule has 1 atom stereocenters. The fraction of sp³-hybridized carbons (Fsp3) is 0.462. The molecule has 3 N–H and O–H groups in total. The van der Waals surface area contributed by atoms with Crippen molar-refractivity contribution < 1.29 is 14.3 Å². The van der Waals surface area contributed by atoms with Crippen LogP contribution in [0.25, 0.3) is 0 Å². The van der Waals surface area contributed by atoms with E-state index in [2.05, 4.69) is 5.32 Å². The highest BCUT2D eigenvalue weighted by molar-refractivity contribution is 7.99. The third-order valence-electron chi connectivity index (χ3n) is 2.83. The number of carbonyl (C=O) groups is 1. The lowest BCUT2D eigenvalue weighted by molar-refractivity contribution is -0.119. The molecule has 0 bridgehead atoms. The lowest BCUT2D eigenvalue weighted by atomic mass is 10.3. The van der Waals surface area contributed by atoms with Crippen LogP contribution >= 0.6 is 11.8 Å². The number of hydrogen-bond acceptors (Lipinski definition) is 5. The predicted molar refractivity (Wildman–Crippen MR) is 74.8 cm³/mol. The third-order valence-corrected chi connectivity index (χ3v) is 3.91. The van der Waals surface area contributed by atoms with E-state index in [1.807, 2.05) is 18.2 Å². The van der Waals surface area contributed by atoms with Crippen LogP contribution in [0.5, 0.6) is 11.5 Å². The van der Waals surface area contributed by atoms with E-state index < -0.39 is 0 Å². The van der Waals surface area contributed by atoms with Crippen LogP contribution in [0.4, 0.5) is 0 Å². The van der Waals surface area contributed by atoms with Crippen LogP contribution in [-0.4, -0.2) is 38.0 Å². The molecule has 0 saturated carbocycles. The SMILES string of the molecule is CNC(CSc1ccc2c(c1)OCCCO2)C(N)=O. The molecule has 1 aliphatic rings. The molecule has 0 spiro atoms. The summed E-state index contributed by atoms with van der Waals surface area (Å²) < 4.78 is 11.2. The van der Waals surface area contributed by atoms with E-state index in [9.17, 15) is 4.79 Å². The Labute approximate surface area is 116 Å². The molecule has 1 heterocycles. The van der Waals surface area contributed by atoms with Crippen LogP contribution < -0.4 is 20.5 Å². The van der Waals surface area contributed by atoms with Crippen molar-refractivity contribution in [3.05, 3.63) is 18.2 Å². The maximum absolute atomic E-state index is 11.1. The summed E-state index contributed by atoms with van der Waals surface area (Å²) in [7, 11) is 1.73. The molecule has 6 heteroatoms. The zero-order valence-corrected chi connectivity index (χ0v) is 11.7. The number of rotatable bonds is 5. The normalized spacial score (nSPS) is 15.6. The number of ether oxygens (including phenoxy) is 2. The number of nitrogens with two attached hydrogens (primary N) is 1. The Hall–Kier alpha value is -1.40. The van der Waals surface area contributed by atoms with Gasteiger partial charge in [-0.1, -0.05) is 0 Å². The monoisotopic (exact) mass is 282 g/mol. The summed E-state index contributed by atoms with van der Waals surface area (Å²) in [6.07, 6.45) is 0.890. The van der Waals surface area contributed by atoms with Crippen molar-refractivity contribution in [3.63, 3.8) is 0 Å². The minimum atomic E-state index is -0.343. The Morgan fingerprint density at radius 1 is 1.42 bits per heavy atom. The number of amides is 1. The zero-order chi connectivity index (χ0) is 13.7. The molecule has 0 aliphatic carbocycles. The molecule has 1 amide bonds. The van der Waals surface area contributed by atoms with Crippen molar-refractivity contribution in [2.45, 2.75) is 17.4 Å². The van der Waals surface area contributed by atoms with E-state index in [4.69, 9.17) is 15.2 Å². The van der Waals surface area contributed by atoms with Crippen molar-refractivity contribution in [2.75, 3.05) is 26.0 Å². The summed E-state index contributed by atoms with van der Waals surface area (Å²) >= 11 is 1.56. The molecule has 19 heavy (non-hydrogen) atoms. The molecule has 1 aromatic carbocycles. The summed E-state index contributed by atoms with van der Waals surface area (Å²) in [6, 6.07) is 5.48. The molecule has 2 rings (SSSR count). The van der Waals surface area contributed by atoms with Gasteiger partial charge in [0.15, 0.2) is 11.5 Å². The van der Waals surface area contributed by atoms with Gasteiger partial charge >= 0.3 is 0 Å². The first kappa shape index (κ1) is 14.0. The topological polar surface area (TPSA) is 73.6 Å². The molecule has 0 radical (unpaired) electrons. The first-order chi connectivity index (χ1) is 9.20. The van der Waals surface area contributed by atoms with Gasteiger partial charge in [0.1, 0.15) is 0 Å². The average molecular weight is 282 g/mol. The van der Waals surface area contributed by atoms with Gasteiger partial charge in [-0.15, -0.1) is 11.8 Å². The minimum Gasteiger partial charge on any atom is -0.490 e. The smallest absolute Gasteiger partial charge is 0.235 e. The first-order valence-corrected chi connectivity index (χ1v) is 7.18. The van der Waals surface area contributed by atoms with Gasteiger partial charge in [0, 0.05) is 17.1 Å². The molecular weight excluding hydrogens is 264 g/mol. The lowest BCUT2D eigenvalue weighted by Crippen LogP contribution is -2.41. The molecule has 1 aromatic rings. The standard InChI is InChI=1S/C13H18N2O3S/c1-15-10(13(14)16)8-19-9-3-4-11-12(7-9)18-6-2-5-17-11/h3-4,7,10,15H,2,5-6,8H2,1H3,(H2,14,16). The number of nitrogens with one attached hydrogen (secondary N) is 1. The number of primary amides is 1. The number of benzene rings is 1. The van der Waals surface area contributed by atoms with Crippen LogP contribution in [0.3, 0.4) is 0 Å². The van der Waals surface area contributed by atoms with Crippen molar-refractivity contribution in [3.8, 4) is 11.5 Å². The Kier molecular flexibility index (Phi) is 4.93. The minimum absolute atomic E-state index is 0.332. The molecule has 1 aliphatic heterocycles. The highest BCUT2D eigenvalue weighted by Gasteiger charge is 2.15. The van der Waals surface area contributed by atoms with E-state index >= 15 is 0 Å². The van der Waals surface area contributed by atoms with E-state index in [0.717, 1.165) is 22.8 Å². The summed E-state index contributed by atoms with van der Waals surface area (Å²) in [5, 5.41) is 2.89.